The molecule has 0 aliphatic rings. The van der Waals surface area contributed by atoms with E-state index in [1.165, 1.54) is 4.98 Å². The lowest BCUT2D eigenvalue weighted by atomic mass is 10.2. The molecule has 0 saturated carbocycles. The minimum Gasteiger partial charge on any atom is -0.341 e. The number of rotatable bonds is 1. The van der Waals surface area contributed by atoms with Gasteiger partial charge in [-0.2, -0.15) is 13.2 Å². The maximum atomic E-state index is 12.1. The van der Waals surface area contributed by atoms with Gasteiger partial charge in [0.05, 0.1) is 0 Å². The Morgan fingerprint density at radius 1 is 1.33 bits per heavy atom. The third-order valence-electron chi connectivity index (χ3n) is 1.55. The number of nitrogens with one attached hydrogen (secondary N) is 1. The zero-order valence-electron chi connectivity index (χ0n) is 6.83. The summed E-state index contributed by atoms with van der Waals surface area (Å²) in [6.07, 6.45) is -8.05. The number of H-pyrrole nitrogens is 1. The first-order chi connectivity index (χ1) is 6.73. The Balaban J connectivity index is 3.39. The second kappa shape index (κ2) is 3.80. The summed E-state index contributed by atoms with van der Waals surface area (Å²) >= 11 is 5.10. The lowest BCUT2D eigenvalue weighted by Crippen LogP contribution is -2.17. The standard InChI is InChI=1S/C7H3ClF5NO/c8-5-4(6(9)10)2(15)1-3(14-5)7(11,12)13/h1,6H,(H,14,15). The molecule has 1 aromatic rings. The average Bonchev–Trinajstić information content (AvgIpc) is 1.99. The number of pyridine rings is 1. The average molecular weight is 248 g/mol. The summed E-state index contributed by atoms with van der Waals surface area (Å²) in [5, 5.41) is -0.996. The highest BCUT2D eigenvalue weighted by atomic mass is 35.5. The molecule has 0 fully saturated rings. The maximum Gasteiger partial charge on any atom is 0.431 e. The van der Waals surface area contributed by atoms with Crippen molar-refractivity contribution in [3.8, 4) is 0 Å². The normalized spacial score (nSPS) is 12.2. The Morgan fingerprint density at radius 2 is 1.87 bits per heavy atom. The molecule has 0 amide bonds. The van der Waals surface area contributed by atoms with Crippen LogP contribution in [0.15, 0.2) is 10.9 Å². The van der Waals surface area contributed by atoms with Crippen LogP contribution in [-0.4, -0.2) is 4.98 Å². The summed E-state index contributed by atoms with van der Waals surface area (Å²) in [6, 6.07) is 0.0490. The molecule has 0 spiro atoms. The number of hydrogen-bond donors (Lipinski definition) is 1. The molecule has 1 N–H and O–H groups in total. The molecule has 84 valence electrons. The number of hydrogen-bond acceptors (Lipinski definition) is 1. The predicted molar refractivity (Wildman–Crippen MR) is 42.0 cm³/mol. The predicted octanol–water partition coefficient (Wildman–Crippen LogP) is 2.98. The van der Waals surface area contributed by atoms with Crippen molar-refractivity contribution in [2.75, 3.05) is 0 Å². The van der Waals surface area contributed by atoms with E-state index in [9.17, 15) is 26.7 Å². The van der Waals surface area contributed by atoms with E-state index in [4.69, 9.17) is 11.6 Å². The molecule has 0 aromatic carbocycles. The van der Waals surface area contributed by atoms with E-state index in [-0.39, 0.29) is 6.07 Å². The summed E-state index contributed by atoms with van der Waals surface area (Å²) in [5.41, 5.74) is -4.06. The second-order valence-electron chi connectivity index (χ2n) is 2.57. The van der Waals surface area contributed by atoms with Gasteiger partial charge in [0.1, 0.15) is 16.4 Å². The van der Waals surface area contributed by atoms with Crippen molar-refractivity contribution >= 4 is 11.6 Å². The monoisotopic (exact) mass is 247 g/mol. The summed E-state index contributed by atoms with van der Waals surface area (Å²) in [4.78, 5) is 12.4. The molecule has 0 bridgehead atoms. The van der Waals surface area contributed by atoms with E-state index >= 15 is 0 Å². The summed E-state index contributed by atoms with van der Waals surface area (Å²) in [6.45, 7) is 0. The first-order valence-corrected chi connectivity index (χ1v) is 3.89. The molecular weight excluding hydrogens is 245 g/mol. The van der Waals surface area contributed by atoms with Gasteiger partial charge in [0.2, 0.25) is 0 Å². The van der Waals surface area contributed by atoms with E-state index < -0.39 is 34.4 Å². The summed E-state index contributed by atoms with van der Waals surface area (Å²) in [7, 11) is 0. The smallest absolute Gasteiger partial charge is 0.341 e. The van der Waals surface area contributed by atoms with Gasteiger partial charge in [-0.1, -0.05) is 11.6 Å². The Labute approximate surface area is 84.7 Å². The third-order valence-corrected chi connectivity index (χ3v) is 1.84. The van der Waals surface area contributed by atoms with Gasteiger partial charge in [0, 0.05) is 6.07 Å². The molecule has 1 aromatic heterocycles. The zero-order valence-corrected chi connectivity index (χ0v) is 7.59. The van der Waals surface area contributed by atoms with E-state index in [0.717, 1.165) is 0 Å². The fourth-order valence-electron chi connectivity index (χ4n) is 0.895. The van der Waals surface area contributed by atoms with Crippen LogP contribution in [0.5, 0.6) is 0 Å². The Bertz CT molecular complexity index is 424. The van der Waals surface area contributed by atoms with E-state index in [1.807, 2.05) is 0 Å². The van der Waals surface area contributed by atoms with Crippen LogP contribution in [0.3, 0.4) is 0 Å². The molecule has 0 radical (unpaired) electrons. The lowest BCUT2D eigenvalue weighted by molar-refractivity contribution is -0.141. The fraction of sp³-hybridized carbons (Fsp3) is 0.286. The van der Waals surface area contributed by atoms with Gasteiger partial charge >= 0.3 is 6.18 Å². The Hall–Kier alpha value is -1.11. The molecule has 0 atom stereocenters. The SMILES string of the molecule is O=c1cc(C(F)(F)F)[nH]c(Cl)c1C(F)F. The number of halogens is 6. The van der Waals surface area contributed by atoms with Crippen molar-refractivity contribution in [1.29, 1.82) is 0 Å². The molecule has 8 heteroatoms. The van der Waals surface area contributed by atoms with E-state index in [2.05, 4.69) is 0 Å². The van der Waals surface area contributed by atoms with Crippen LogP contribution in [-0.2, 0) is 6.18 Å². The Morgan fingerprint density at radius 3 is 2.20 bits per heavy atom. The third kappa shape index (κ3) is 2.47. The van der Waals surface area contributed by atoms with E-state index in [1.54, 1.807) is 0 Å². The first kappa shape index (κ1) is 12.0. The second-order valence-corrected chi connectivity index (χ2v) is 2.95. The molecule has 0 saturated heterocycles. The Kier molecular flexibility index (Phi) is 3.03. The zero-order chi connectivity index (χ0) is 11.8. The van der Waals surface area contributed by atoms with Crippen LogP contribution in [0.4, 0.5) is 22.0 Å². The molecule has 15 heavy (non-hydrogen) atoms. The van der Waals surface area contributed by atoms with Crippen molar-refractivity contribution in [1.82, 2.24) is 4.98 Å². The maximum absolute atomic E-state index is 12.1. The van der Waals surface area contributed by atoms with Gasteiger partial charge < -0.3 is 4.98 Å². The number of alkyl halides is 5. The summed E-state index contributed by atoms with van der Waals surface area (Å²) in [5.74, 6) is 0. The van der Waals surface area contributed by atoms with Gasteiger partial charge in [-0.15, -0.1) is 0 Å². The lowest BCUT2D eigenvalue weighted by Gasteiger charge is -2.08. The van der Waals surface area contributed by atoms with Gasteiger partial charge in [-0.05, 0) is 0 Å². The minimum absolute atomic E-state index is 0.0490. The van der Waals surface area contributed by atoms with Gasteiger partial charge in [0.15, 0.2) is 5.43 Å². The van der Waals surface area contributed by atoms with Crippen molar-refractivity contribution < 1.29 is 22.0 Å². The van der Waals surface area contributed by atoms with E-state index in [0.29, 0.717) is 0 Å². The number of aromatic nitrogens is 1. The first-order valence-electron chi connectivity index (χ1n) is 3.51. The van der Waals surface area contributed by atoms with Gasteiger partial charge in [-0.25, -0.2) is 8.78 Å². The van der Waals surface area contributed by atoms with Crippen molar-refractivity contribution in [3.05, 3.63) is 32.7 Å². The van der Waals surface area contributed by atoms with Crippen LogP contribution < -0.4 is 5.43 Å². The summed E-state index contributed by atoms with van der Waals surface area (Å²) < 4.78 is 60.5. The molecule has 0 aliphatic heterocycles. The molecule has 1 heterocycles. The molecule has 0 aliphatic carbocycles. The minimum atomic E-state index is -4.83. The molecular formula is C7H3ClF5NO. The largest absolute Gasteiger partial charge is 0.431 e. The van der Waals surface area contributed by atoms with Gasteiger partial charge in [0.25, 0.3) is 6.43 Å². The molecule has 1 rings (SSSR count). The molecule has 2 nitrogen and oxygen atoms in total. The van der Waals surface area contributed by atoms with Crippen molar-refractivity contribution in [3.63, 3.8) is 0 Å². The highest BCUT2D eigenvalue weighted by Crippen LogP contribution is 2.30. The topological polar surface area (TPSA) is 32.9 Å². The van der Waals surface area contributed by atoms with Crippen molar-refractivity contribution in [2.24, 2.45) is 0 Å². The molecule has 0 unspecified atom stereocenters. The van der Waals surface area contributed by atoms with Crippen molar-refractivity contribution in [2.45, 2.75) is 12.6 Å². The van der Waals surface area contributed by atoms with Gasteiger partial charge in [-0.3, -0.25) is 4.79 Å². The highest BCUT2D eigenvalue weighted by molar-refractivity contribution is 6.30. The van der Waals surface area contributed by atoms with Crippen LogP contribution >= 0.6 is 11.6 Å². The van der Waals surface area contributed by atoms with Crippen LogP contribution in [0, 0.1) is 0 Å². The van der Waals surface area contributed by atoms with Crippen LogP contribution in [0.1, 0.15) is 17.7 Å². The van der Waals surface area contributed by atoms with Crippen LogP contribution in [0.25, 0.3) is 0 Å². The fourth-order valence-corrected chi connectivity index (χ4v) is 1.17. The highest BCUT2D eigenvalue weighted by Gasteiger charge is 2.33. The van der Waals surface area contributed by atoms with Crippen LogP contribution in [0.2, 0.25) is 5.15 Å². The number of aromatic amines is 1. The quantitative estimate of drug-likeness (QED) is 0.601.